The van der Waals surface area contributed by atoms with Crippen molar-refractivity contribution in [3.63, 3.8) is 0 Å². The van der Waals surface area contributed by atoms with Crippen LogP contribution in [-0.4, -0.2) is 11.2 Å². The smallest absolute Gasteiger partial charge is 0.0795 e. The van der Waals surface area contributed by atoms with Crippen LogP contribution in [0, 0.1) is 11.3 Å². The third kappa shape index (κ3) is 2.78. The van der Waals surface area contributed by atoms with E-state index in [2.05, 4.69) is 39.0 Å². The van der Waals surface area contributed by atoms with Crippen molar-refractivity contribution < 1.29 is 5.11 Å². The first-order chi connectivity index (χ1) is 7.98. The summed E-state index contributed by atoms with van der Waals surface area (Å²) in [4.78, 5) is 0. The van der Waals surface area contributed by atoms with Gasteiger partial charge in [-0.2, -0.15) is 0 Å². The van der Waals surface area contributed by atoms with Crippen LogP contribution in [0.15, 0.2) is 36.4 Å². The number of hydrogen-bond donors (Lipinski definition) is 1. The predicted molar refractivity (Wildman–Crippen MR) is 72.6 cm³/mol. The molecule has 1 aliphatic carbocycles. The largest absolute Gasteiger partial charge is 0.388 e. The molecule has 0 saturated carbocycles. The molecule has 0 aliphatic heterocycles. The lowest BCUT2D eigenvalue weighted by Gasteiger charge is -2.35. The first-order valence-corrected chi connectivity index (χ1v) is 6.42. The summed E-state index contributed by atoms with van der Waals surface area (Å²) in [5.74, 6) is 0.574. The number of allylic oxidation sites excluding steroid dienone is 1. The van der Waals surface area contributed by atoms with Crippen molar-refractivity contribution in [2.75, 3.05) is 0 Å². The maximum Gasteiger partial charge on any atom is 0.0795 e. The molecule has 0 bridgehead atoms. The van der Waals surface area contributed by atoms with Gasteiger partial charge in [0.1, 0.15) is 0 Å². The first kappa shape index (κ1) is 12.4. The third-order valence-electron chi connectivity index (χ3n) is 3.82. The van der Waals surface area contributed by atoms with Gasteiger partial charge >= 0.3 is 0 Å². The lowest BCUT2D eigenvalue weighted by molar-refractivity contribution is 0.131. The summed E-state index contributed by atoms with van der Waals surface area (Å²) in [6.07, 6.45) is 3.87. The highest BCUT2D eigenvalue weighted by atomic mass is 16.3. The average molecular weight is 230 g/mol. The molecule has 1 nitrogen and oxygen atoms in total. The van der Waals surface area contributed by atoms with E-state index in [4.69, 9.17) is 0 Å². The molecule has 0 radical (unpaired) electrons. The molecule has 0 spiro atoms. The zero-order valence-corrected chi connectivity index (χ0v) is 11.0. The van der Waals surface area contributed by atoms with Crippen molar-refractivity contribution in [1.82, 2.24) is 0 Å². The summed E-state index contributed by atoms with van der Waals surface area (Å²) in [6.45, 7) is 6.77. The zero-order valence-electron chi connectivity index (χ0n) is 11.0. The van der Waals surface area contributed by atoms with E-state index in [0.29, 0.717) is 5.92 Å². The van der Waals surface area contributed by atoms with Gasteiger partial charge in [-0.25, -0.2) is 0 Å². The molecule has 0 aromatic heterocycles. The van der Waals surface area contributed by atoms with Gasteiger partial charge in [-0.15, -0.1) is 0 Å². The van der Waals surface area contributed by atoms with E-state index in [1.165, 1.54) is 0 Å². The Balaban J connectivity index is 2.20. The van der Waals surface area contributed by atoms with Crippen LogP contribution in [0.3, 0.4) is 0 Å². The molecule has 1 aromatic rings. The molecule has 2 rings (SSSR count). The average Bonchev–Trinajstić information content (AvgIpc) is 2.29. The Morgan fingerprint density at radius 1 is 1.12 bits per heavy atom. The lowest BCUT2D eigenvalue weighted by Crippen LogP contribution is -2.28. The molecule has 1 N–H and O–H groups in total. The number of rotatable bonds is 1. The quantitative estimate of drug-likeness (QED) is 0.776. The fraction of sp³-hybridized carbons (Fsp3) is 0.500. The highest BCUT2D eigenvalue weighted by Crippen LogP contribution is 2.39. The predicted octanol–water partition coefficient (Wildman–Crippen LogP) is 3.89. The maximum absolute atomic E-state index is 10.3. The molecule has 17 heavy (non-hydrogen) atoms. The van der Waals surface area contributed by atoms with E-state index in [-0.39, 0.29) is 11.5 Å². The SMILES string of the molecule is CC(C)(C)C1CC=C(c2ccccc2)C(O)C1. The Morgan fingerprint density at radius 2 is 1.76 bits per heavy atom. The second-order valence-corrected chi connectivity index (χ2v) is 6.08. The fourth-order valence-corrected chi connectivity index (χ4v) is 2.55. The van der Waals surface area contributed by atoms with Crippen molar-refractivity contribution in [3.05, 3.63) is 42.0 Å². The molecule has 2 atom stereocenters. The van der Waals surface area contributed by atoms with Crippen LogP contribution in [0.4, 0.5) is 0 Å². The van der Waals surface area contributed by atoms with Gasteiger partial charge in [-0.05, 0) is 35.3 Å². The topological polar surface area (TPSA) is 20.2 Å². The first-order valence-electron chi connectivity index (χ1n) is 6.42. The fourth-order valence-electron chi connectivity index (χ4n) is 2.55. The van der Waals surface area contributed by atoms with E-state index >= 15 is 0 Å². The summed E-state index contributed by atoms with van der Waals surface area (Å²) < 4.78 is 0. The molecule has 92 valence electrons. The van der Waals surface area contributed by atoms with Crippen molar-refractivity contribution in [3.8, 4) is 0 Å². The second kappa shape index (κ2) is 4.66. The number of aliphatic hydroxyl groups excluding tert-OH is 1. The van der Waals surface area contributed by atoms with Gasteiger partial charge in [-0.1, -0.05) is 57.2 Å². The van der Waals surface area contributed by atoms with E-state index in [1.807, 2.05) is 18.2 Å². The highest BCUT2D eigenvalue weighted by molar-refractivity contribution is 5.69. The van der Waals surface area contributed by atoms with Crippen LogP contribution in [0.1, 0.15) is 39.2 Å². The van der Waals surface area contributed by atoms with Gasteiger partial charge in [0.2, 0.25) is 0 Å². The Kier molecular flexibility index (Phi) is 3.39. The molecule has 2 unspecified atom stereocenters. The Morgan fingerprint density at radius 3 is 2.29 bits per heavy atom. The lowest BCUT2D eigenvalue weighted by atomic mass is 9.71. The van der Waals surface area contributed by atoms with Gasteiger partial charge in [-0.3, -0.25) is 0 Å². The molecular formula is C16H22O. The van der Waals surface area contributed by atoms with Gasteiger partial charge in [0, 0.05) is 0 Å². The summed E-state index contributed by atoms with van der Waals surface area (Å²) in [5.41, 5.74) is 2.54. The van der Waals surface area contributed by atoms with E-state index in [1.54, 1.807) is 0 Å². The minimum absolute atomic E-state index is 0.277. The second-order valence-electron chi connectivity index (χ2n) is 6.08. The molecule has 0 saturated heterocycles. The van der Waals surface area contributed by atoms with E-state index < -0.39 is 0 Å². The molecule has 1 aromatic carbocycles. The summed E-state index contributed by atoms with van der Waals surface area (Å²) in [7, 11) is 0. The maximum atomic E-state index is 10.3. The van der Waals surface area contributed by atoms with Gasteiger partial charge in [0.25, 0.3) is 0 Å². The molecular weight excluding hydrogens is 208 g/mol. The van der Waals surface area contributed by atoms with Gasteiger partial charge in [0.15, 0.2) is 0 Å². The minimum atomic E-state index is -0.310. The molecule has 0 heterocycles. The van der Waals surface area contributed by atoms with Crippen LogP contribution in [0.25, 0.3) is 5.57 Å². The standard InChI is InChI=1S/C16H22O/c1-16(2,3)13-9-10-14(15(17)11-13)12-7-5-4-6-8-12/h4-8,10,13,15,17H,9,11H2,1-3H3. The van der Waals surface area contributed by atoms with E-state index in [0.717, 1.165) is 24.0 Å². The van der Waals surface area contributed by atoms with Crippen LogP contribution in [0.2, 0.25) is 0 Å². The molecule has 1 aliphatic rings. The van der Waals surface area contributed by atoms with Crippen LogP contribution >= 0.6 is 0 Å². The number of aliphatic hydroxyl groups is 1. The Labute approximate surface area is 104 Å². The van der Waals surface area contributed by atoms with Crippen LogP contribution < -0.4 is 0 Å². The molecule has 0 amide bonds. The third-order valence-corrected chi connectivity index (χ3v) is 3.82. The van der Waals surface area contributed by atoms with Crippen molar-refractivity contribution >= 4 is 5.57 Å². The zero-order chi connectivity index (χ0) is 12.5. The molecule has 0 fully saturated rings. The highest BCUT2D eigenvalue weighted by Gasteiger charge is 2.30. The van der Waals surface area contributed by atoms with Gasteiger partial charge < -0.3 is 5.11 Å². The van der Waals surface area contributed by atoms with Crippen LogP contribution in [0.5, 0.6) is 0 Å². The Bertz CT molecular complexity index is 397. The van der Waals surface area contributed by atoms with Gasteiger partial charge in [0.05, 0.1) is 6.10 Å². The monoisotopic (exact) mass is 230 g/mol. The normalized spacial score (nSPS) is 25.5. The van der Waals surface area contributed by atoms with Crippen molar-refractivity contribution in [1.29, 1.82) is 0 Å². The summed E-state index contributed by atoms with van der Waals surface area (Å²) >= 11 is 0. The summed E-state index contributed by atoms with van der Waals surface area (Å²) in [6, 6.07) is 10.2. The van der Waals surface area contributed by atoms with Crippen LogP contribution in [-0.2, 0) is 0 Å². The summed E-state index contributed by atoms with van der Waals surface area (Å²) in [5, 5.41) is 10.3. The van der Waals surface area contributed by atoms with E-state index in [9.17, 15) is 5.11 Å². The van der Waals surface area contributed by atoms with Crippen molar-refractivity contribution in [2.45, 2.75) is 39.7 Å². The minimum Gasteiger partial charge on any atom is -0.388 e. The molecule has 1 heteroatoms. The van der Waals surface area contributed by atoms with Crippen molar-refractivity contribution in [2.24, 2.45) is 11.3 Å². The Hall–Kier alpha value is -1.08. The number of benzene rings is 1. The number of hydrogen-bond acceptors (Lipinski definition) is 1.